The van der Waals surface area contributed by atoms with Gasteiger partial charge in [0, 0.05) is 50.2 Å². The normalized spacial score (nSPS) is 13.5. The Bertz CT molecular complexity index is 1460. The number of anilines is 2. The van der Waals surface area contributed by atoms with Crippen molar-refractivity contribution < 1.29 is 103 Å². The van der Waals surface area contributed by atoms with E-state index in [1.165, 1.54) is 36.7 Å². The molecule has 222 valence electrons. The molecule has 1 saturated heterocycles. The zero-order chi connectivity index (χ0) is 30.5. The van der Waals surface area contributed by atoms with Crippen molar-refractivity contribution in [2.45, 2.75) is 13.3 Å². The second kappa shape index (κ2) is 15.3. The molecule has 0 saturated carbocycles. The van der Waals surface area contributed by atoms with E-state index < -0.39 is 31.7 Å². The van der Waals surface area contributed by atoms with Crippen molar-refractivity contribution in [3.05, 3.63) is 52.2 Å². The largest absolute Gasteiger partial charge is 1.00 e. The maximum atomic E-state index is 14.5. The molecular formula is C22H20ClF4KN5O7PS. The van der Waals surface area contributed by atoms with E-state index in [4.69, 9.17) is 30.8 Å². The van der Waals surface area contributed by atoms with E-state index in [0.29, 0.717) is 32.0 Å². The van der Waals surface area contributed by atoms with E-state index in [0.717, 1.165) is 17.4 Å². The van der Waals surface area contributed by atoms with Gasteiger partial charge >= 0.3 is 57.7 Å². The summed E-state index contributed by atoms with van der Waals surface area (Å²) in [7, 11) is -4.89. The molecule has 0 aliphatic carbocycles. The summed E-state index contributed by atoms with van der Waals surface area (Å²) in [4.78, 5) is 59.1. The summed E-state index contributed by atoms with van der Waals surface area (Å²) < 4.78 is 64.5. The van der Waals surface area contributed by atoms with Gasteiger partial charge in [0.2, 0.25) is 5.91 Å². The van der Waals surface area contributed by atoms with Gasteiger partial charge in [-0.1, -0.05) is 17.7 Å². The van der Waals surface area contributed by atoms with Gasteiger partial charge in [0.15, 0.2) is 16.7 Å². The van der Waals surface area contributed by atoms with Crippen LogP contribution in [0.25, 0.3) is 11.3 Å². The van der Waals surface area contributed by atoms with Crippen molar-refractivity contribution in [2.24, 2.45) is 0 Å². The van der Waals surface area contributed by atoms with Crippen LogP contribution in [0.1, 0.15) is 17.3 Å². The molecule has 3 N–H and O–H groups in total. The zero-order valence-electron chi connectivity index (χ0n) is 21.8. The molecule has 0 unspecified atom stereocenters. The van der Waals surface area contributed by atoms with E-state index >= 15 is 0 Å². The van der Waals surface area contributed by atoms with E-state index in [-0.39, 0.29) is 84.3 Å². The standard InChI is InChI=1S/C22H18ClF4N5O3S.K.H3O4P/c1-12(33)31-5-7-32(8-6-31)19-15(23)9-13(10-28-19)20(34)30-21-29-16(11-36-21)14-3-2-4-17(18(14)24)35-22(25,26)27;;1-5(2,3)4/h2-4,9-11H,5-8H2,1H3,(H,29,30,34);;(H3,1,2,3,4)/q;+1;/p-1. The quantitative estimate of drug-likeness (QED) is 0.193. The molecular weight excluding hydrogens is 660 g/mol. The summed E-state index contributed by atoms with van der Waals surface area (Å²) in [6.07, 6.45) is -3.70. The van der Waals surface area contributed by atoms with Crippen molar-refractivity contribution in [3.8, 4) is 17.0 Å². The van der Waals surface area contributed by atoms with E-state index in [1.807, 2.05) is 4.90 Å². The van der Waals surface area contributed by atoms with Crippen molar-refractivity contribution in [2.75, 3.05) is 36.4 Å². The Hall–Kier alpha value is -1.70. The third kappa shape index (κ3) is 11.1. The number of rotatable bonds is 5. The van der Waals surface area contributed by atoms with Crippen LogP contribution in [0.5, 0.6) is 5.75 Å². The topological polar surface area (TPSA) is 168 Å². The van der Waals surface area contributed by atoms with Gasteiger partial charge in [-0.05, 0) is 18.2 Å². The molecule has 1 aliphatic rings. The van der Waals surface area contributed by atoms with Gasteiger partial charge in [-0.2, -0.15) is 0 Å². The number of amides is 2. The number of phosphoric acid groups is 1. The van der Waals surface area contributed by atoms with E-state index in [9.17, 15) is 27.2 Å². The number of hydrogen-bond donors (Lipinski definition) is 3. The number of thiazole rings is 1. The Kier molecular flexibility index (Phi) is 13.3. The molecule has 0 radical (unpaired) electrons. The number of carbonyl (C=O) groups excluding carboxylic acids is 2. The molecule has 42 heavy (non-hydrogen) atoms. The maximum Gasteiger partial charge on any atom is 1.00 e. The van der Waals surface area contributed by atoms with Crippen LogP contribution in [-0.4, -0.2) is 69.0 Å². The van der Waals surface area contributed by atoms with Crippen LogP contribution < -0.4 is 71.2 Å². The zero-order valence-corrected chi connectivity index (χ0v) is 27.4. The Morgan fingerprint density at radius 3 is 2.38 bits per heavy atom. The number of ether oxygens (including phenoxy) is 1. The number of nitrogens with zero attached hydrogens (tertiary/aromatic N) is 4. The molecule has 1 aliphatic heterocycles. The van der Waals surface area contributed by atoms with Gasteiger partial charge in [0.25, 0.3) is 13.7 Å². The van der Waals surface area contributed by atoms with E-state index in [1.54, 1.807) is 4.90 Å². The minimum atomic E-state index is -5.05. The fraction of sp³-hybridized carbons (Fsp3) is 0.273. The second-order valence-electron chi connectivity index (χ2n) is 8.17. The summed E-state index contributed by atoms with van der Waals surface area (Å²) in [6.45, 7) is 3.67. The Morgan fingerprint density at radius 1 is 1.21 bits per heavy atom. The minimum Gasteiger partial charge on any atom is -0.756 e. The number of aromatic nitrogens is 2. The molecule has 2 amide bonds. The van der Waals surface area contributed by atoms with Gasteiger partial charge in [0.1, 0.15) is 5.82 Å². The summed E-state index contributed by atoms with van der Waals surface area (Å²) in [6, 6.07) is 4.75. The molecule has 3 aromatic rings. The van der Waals surface area contributed by atoms with Gasteiger partial charge in [0.05, 0.1) is 16.3 Å². The Balaban J connectivity index is 0.000000947. The first kappa shape index (κ1) is 36.5. The number of pyridine rings is 1. The fourth-order valence-corrected chi connectivity index (χ4v) is 4.55. The average molecular weight is 680 g/mol. The van der Waals surface area contributed by atoms with Crippen LogP contribution in [0, 0.1) is 5.82 Å². The summed E-state index contributed by atoms with van der Waals surface area (Å²) in [5.41, 5.74) is -0.0429. The van der Waals surface area contributed by atoms with Crippen LogP contribution in [0.15, 0.2) is 35.8 Å². The third-order valence-corrected chi connectivity index (χ3v) is 6.33. The molecule has 20 heteroatoms. The Labute approximate surface area is 287 Å². The van der Waals surface area contributed by atoms with E-state index in [2.05, 4.69) is 20.0 Å². The number of alkyl halides is 3. The first-order valence-corrected chi connectivity index (χ1v) is 14.0. The fourth-order valence-electron chi connectivity index (χ4n) is 3.56. The van der Waals surface area contributed by atoms with Crippen LogP contribution in [0.4, 0.5) is 28.5 Å². The summed E-state index contributed by atoms with van der Waals surface area (Å²) in [5, 5.41) is 4.28. The average Bonchev–Trinajstić information content (AvgIpc) is 3.31. The predicted molar refractivity (Wildman–Crippen MR) is 138 cm³/mol. The van der Waals surface area contributed by atoms with Crippen molar-refractivity contribution >= 4 is 53.5 Å². The molecule has 1 fully saturated rings. The molecule has 0 bridgehead atoms. The van der Waals surface area contributed by atoms with Crippen molar-refractivity contribution in [3.63, 3.8) is 0 Å². The number of piperazine rings is 1. The smallest absolute Gasteiger partial charge is 0.756 e. The van der Waals surface area contributed by atoms with Gasteiger partial charge in [-0.15, -0.1) is 24.5 Å². The summed E-state index contributed by atoms with van der Waals surface area (Å²) in [5.74, 6) is -2.30. The predicted octanol–water partition coefficient (Wildman–Crippen LogP) is 0.260. The molecule has 2 aromatic heterocycles. The number of benzene rings is 1. The molecule has 0 spiro atoms. The van der Waals surface area contributed by atoms with Crippen LogP contribution in [0.3, 0.4) is 0 Å². The number of carbonyl (C=O) groups is 2. The van der Waals surface area contributed by atoms with Crippen LogP contribution in [0.2, 0.25) is 5.02 Å². The number of hydrogen-bond acceptors (Lipinski definition) is 9. The third-order valence-electron chi connectivity index (χ3n) is 5.30. The monoisotopic (exact) mass is 679 g/mol. The van der Waals surface area contributed by atoms with Crippen molar-refractivity contribution in [1.29, 1.82) is 0 Å². The summed E-state index contributed by atoms with van der Waals surface area (Å²) >= 11 is 7.32. The van der Waals surface area contributed by atoms with Crippen molar-refractivity contribution in [1.82, 2.24) is 14.9 Å². The molecule has 1 aromatic carbocycles. The molecule has 0 atom stereocenters. The number of nitrogens with one attached hydrogen (secondary N) is 1. The Morgan fingerprint density at radius 2 is 1.83 bits per heavy atom. The van der Waals surface area contributed by atoms with Gasteiger partial charge < -0.3 is 29.2 Å². The molecule has 3 heterocycles. The second-order valence-corrected chi connectivity index (χ2v) is 10.4. The maximum absolute atomic E-state index is 14.5. The van der Waals surface area contributed by atoms with Crippen LogP contribution in [-0.2, 0) is 9.36 Å². The van der Waals surface area contributed by atoms with Gasteiger partial charge in [-0.25, -0.2) is 14.4 Å². The molecule has 4 rings (SSSR count). The minimum absolute atomic E-state index is 0. The first-order chi connectivity index (χ1) is 19.0. The van der Waals surface area contributed by atoms with Gasteiger partial charge in [-0.3, -0.25) is 19.5 Å². The first-order valence-electron chi connectivity index (χ1n) is 11.3. The molecule has 12 nitrogen and oxygen atoms in total. The SMILES string of the molecule is CC(=O)N1CCN(c2ncc(C(=O)Nc3nc(-c4cccc(OC(F)(F)F)c4F)cs3)cc2Cl)CC1.O=P([O-])(O)O.[K+]. The number of halogens is 5. The van der Waals surface area contributed by atoms with Crippen LogP contribution >= 0.6 is 30.8 Å².